The van der Waals surface area contributed by atoms with Gasteiger partial charge in [-0.15, -0.1) is 0 Å². The van der Waals surface area contributed by atoms with Gasteiger partial charge in [-0.1, -0.05) is 24.1 Å². The van der Waals surface area contributed by atoms with Gasteiger partial charge in [-0.05, 0) is 73.0 Å². The largest absolute Gasteiger partial charge is 0.322 e. The Labute approximate surface area is 186 Å². The van der Waals surface area contributed by atoms with E-state index in [1.807, 2.05) is 12.1 Å². The van der Waals surface area contributed by atoms with E-state index in [4.69, 9.17) is 11.6 Å². The number of rotatable bonds is 5. The van der Waals surface area contributed by atoms with Crippen molar-refractivity contribution in [2.24, 2.45) is 0 Å². The average molecular weight is 456 g/mol. The second kappa shape index (κ2) is 9.18. The zero-order valence-corrected chi connectivity index (χ0v) is 18.3. The number of amides is 1. The monoisotopic (exact) mass is 455 g/mol. The van der Waals surface area contributed by atoms with Crippen LogP contribution in [-0.2, 0) is 10.0 Å². The van der Waals surface area contributed by atoms with Crippen LogP contribution in [0, 0.1) is 0 Å². The fourth-order valence-corrected chi connectivity index (χ4v) is 5.56. The van der Waals surface area contributed by atoms with Crippen LogP contribution in [-0.4, -0.2) is 30.2 Å². The van der Waals surface area contributed by atoms with E-state index in [1.54, 1.807) is 53.1 Å². The number of sulfonamides is 1. The summed E-state index contributed by atoms with van der Waals surface area (Å²) < 4.78 is 28.3. The maximum Gasteiger partial charge on any atom is 0.255 e. The topological polar surface area (TPSA) is 79.4 Å². The van der Waals surface area contributed by atoms with Gasteiger partial charge in [-0.25, -0.2) is 8.42 Å². The molecule has 0 spiro atoms. The van der Waals surface area contributed by atoms with Gasteiger partial charge in [0, 0.05) is 35.2 Å². The molecule has 1 atom stereocenters. The first-order valence-electron chi connectivity index (χ1n) is 10.0. The molecule has 0 saturated carbocycles. The van der Waals surface area contributed by atoms with Crippen LogP contribution >= 0.6 is 11.6 Å². The van der Waals surface area contributed by atoms with Crippen molar-refractivity contribution in [3.8, 4) is 0 Å². The molecule has 1 fully saturated rings. The summed E-state index contributed by atoms with van der Waals surface area (Å²) in [5.41, 5.74) is 1.88. The quantitative estimate of drug-likeness (QED) is 0.593. The first-order chi connectivity index (χ1) is 14.9. The predicted molar refractivity (Wildman–Crippen MR) is 121 cm³/mol. The lowest BCUT2D eigenvalue weighted by molar-refractivity contribution is 0.102. The fourth-order valence-electron chi connectivity index (χ4n) is 3.75. The molecular weight excluding hydrogens is 434 g/mol. The Morgan fingerprint density at radius 2 is 1.77 bits per heavy atom. The van der Waals surface area contributed by atoms with Crippen LogP contribution in [0.5, 0.6) is 0 Å². The number of aromatic nitrogens is 1. The van der Waals surface area contributed by atoms with Crippen molar-refractivity contribution in [3.63, 3.8) is 0 Å². The second-order valence-corrected chi connectivity index (χ2v) is 9.73. The summed E-state index contributed by atoms with van der Waals surface area (Å²) in [5.74, 6) is -0.292. The number of carbonyl (C=O) groups is 1. The Bertz CT molecular complexity index is 1150. The molecule has 1 aliphatic heterocycles. The Morgan fingerprint density at radius 3 is 2.45 bits per heavy atom. The lowest BCUT2D eigenvalue weighted by Crippen LogP contribution is -2.38. The molecule has 2 aromatic carbocycles. The Balaban J connectivity index is 1.53. The minimum atomic E-state index is -3.68. The van der Waals surface area contributed by atoms with Crippen molar-refractivity contribution < 1.29 is 13.2 Å². The van der Waals surface area contributed by atoms with Gasteiger partial charge in [0.1, 0.15) is 0 Å². The highest BCUT2D eigenvalue weighted by Crippen LogP contribution is 2.35. The van der Waals surface area contributed by atoms with E-state index in [-0.39, 0.29) is 16.8 Å². The van der Waals surface area contributed by atoms with Crippen LogP contribution in [0.2, 0.25) is 5.02 Å². The minimum Gasteiger partial charge on any atom is -0.322 e. The number of nitrogens with one attached hydrogen (secondary N) is 1. The van der Waals surface area contributed by atoms with Crippen LogP contribution in [0.3, 0.4) is 0 Å². The molecule has 1 saturated heterocycles. The minimum absolute atomic E-state index is 0.202. The van der Waals surface area contributed by atoms with E-state index in [0.717, 1.165) is 24.8 Å². The van der Waals surface area contributed by atoms with Gasteiger partial charge in [0.2, 0.25) is 10.0 Å². The summed E-state index contributed by atoms with van der Waals surface area (Å²) in [7, 11) is -3.68. The number of carbonyl (C=O) groups excluding carboxylic acids is 1. The number of pyridine rings is 1. The number of anilines is 1. The molecule has 0 bridgehead atoms. The molecular formula is C23H22ClN3O3S. The van der Waals surface area contributed by atoms with Gasteiger partial charge in [-0.2, -0.15) is 4.31 Å². The standard InChI is InChI=1S/C23H22ClN3O3S/c24-19-8-6-17(7-9-19)23(28)26-20-10-12-21(13-11-20)31(29,30)27-15-2-1-5-22(27)18-4-3-14-25-16-18/h3-4,6-14,16,22H,1-2,5,15H2,(H,26,28)/t22-/m1/s1. The number of halogens is 1. The molecule has 0 radical (unpaired) electrons. The van der Waals surface area contributed by atoms with Gasteiger partial charge in [0.05, 0.1) is 10.9 Å². The summed E-state index contributed by atoms with van der Waals surface area (Å²) in [6.07, 6.45) is 5.97. The van der Waals surface area contributed by atoms with Crippen molar-refractivity contribution in [1.29, 1.82) is 0 Å². The molecule has 4 rings (SSSR count). The number of hydrogen-bond donors (Lipinski definition) is 1. The third-order valence-corrected chi connectivity index (χ3v) is 7.52. The average Bonchev–Trinajstić information content (AvgIpc) is 2.80. The normalized spacial score (nSPS) is 17.3. The number of hydrogen-bond acceptors (Lipinski definition) is 4. The molecule has 31 heavy (non-hydrogen) atoms. The van der Waals surface area contributed by atoms with Crippen LogP contribution in [0.25, 0.3) is 0 Å². The van der Waals surface area contributed by atoms with E-state index in [2.05, 4.69) is 10.3 Å². The highest BCUT2D eigenvalue weighted by atomic mass is 35.5. The summed E-state index contributed by atoms with van der Waals surface area (Å²) in [6.45, 7) is 0.469. The third kappa shape index (κ3) is 4.79. The second-order valence-electron chi connectivity index (χ2n) is 7.40. The van der Waals surface area contributed by atoms with E-state index in [1.165, 1.54) is 12.1 Å². The number of benzene rings is 2. The molecule has 8 heteroatoms. The van der Waals surface area contributed by atoms with Crippen molar-refractivity contribution in [3.05, 3.63) is 89.2 Å². The Hall–Kier alpha value is -2.74. The van der Waals surface area contributed by atoms with Gasteiger partial charge in [0.15, 0.2) is 0 Å². The molecule has 1 amide bonds. The van der Waals surface area contributed by atoms with E-state index < -0.39 is 10.0 Å². The molecule has 6 nitrogen and oxygen atoms in total. The Kier molecular flexibility index (Phi) is 6.36. The van der Waals surface area contributed by atoms with Crippen LogP contribution < -0.4 is 5.32 Å². The molecule has 1 aromatic heterocycles. The van der Waals surface area contributed by atoms with Crippen molar-refractivity contribution in [2.45, 2.75) is 30.2 Å². The van der Waals surface area contributed by atoms with E-state index in [9.17, 15) is 13.2 Å². The summed E-state index contributed by atoms with van der Waals surface area (Å²) in [6, 6.07) is 16.3. The molecule has 0 aliphatic carbocycles. The zero-order chi connectivity index (χ0) is 21.8. The van der Waals surface area contributed by atoms with Gasteiger partial charge < -0.3 is 5.32 Å². The van der Waals surface area contributed by atoms with Gasteiger partial charge in [0.25, 0.3) is 5.91 Å². The van der Waals surface area contributed by atoms with Crippen molar-refractivity contribution >= 4 is 33.2 Å². The fraction of sp³-hybridized carbons (Fsp3) is 0.217. The molecule has 160 valence electrons. The van der Waals surface area contributed by atoms with Crippen LogP contribution in [0.15, 0.2) is 78.0 Å². The maximum atomic E-state index is 13.4. The molecule has 2 heterocycles. The smallest absolute Gasteiger partial charge is 0.255 e. The predicted octanol–water partition coefficient (Wildman–Crippen LogP) is 4.90. The first kappa shape index (κ1) is 21.5. The third-order valence-electron chi connectivity index (χ3n) is 5.35. The lowest BCUT2D eigenvalue weighted by atomic mass is 9.99. The zero-order valence-electron chi connectivity index (χ0n) is 16.7. The summed E-state index contributed by atoms with van der Waals surface area (Å²) >= 11 is 5.85. The number of nitrogens with zero attached hydrogens (tertiary/aromatic N) is 2. The summed E-state index contributed by atoms with van der Waals surface area (Å²) in [4.78, 5) is 16.7. The van der Waals surface area contributed by atoms with Gasteiger partial charge in [-0.3, -0.25) is 9.78 Å². The first-order valence-corrected chi connectivity index (χ1v) is 11.9. The highest BCUT2D eigenvalue weighted by molar-refractivity contribution is 7.89. The van der Waals surface area contributed by atoms with Gasteiger partial charge >= 0.3 is 0 Å². The molecule has 1 N–H and O–H groups in total. The van der Waals surface area contributed by atoms with Crippen LogP contribution in [0.4, 0.5) is 5.69 Å². The van der Waals surface area contributed by atoms with E-state index in [0.29, 0.717) is 22.8 Å². The van der Waals surface area contributed by atoms with Crippen molar-refractivity contribution in [2.75, 3.05) is 11.9 Å². The van der Waals surface area contributed by atoms with Crippen LogP contribution in [0.1, 0.15) is 41.2 Å². The van der Waals surface area contributed by atoms with E-state index >= 15 is 0 Å². The number of piperidine rings is 1. The molecule has 3 aromatic rings. The van der Waals surface area contributed by atoms with Crippen molar-refractivity contribution in [1.82, 2.24) is 9.29 Å². The Morgan fingerprint density at radius 1 is 1.03 bits per heavy atom. The highest BCUT2D eigenvalue weighted by Gasteiger charge is 2.34. The maximum absolute atomic E-state index is 13.4. The summed E-state index contributed by atoms with van der Waals surface area (Å²) in [5, 5.41) is 3.32. The molecule has 1 aliphatic rings. The molecule has 0 unspecified atom stereocenters. The SMILES string of the molecule is O=C(Nc1ccc(S(=O)(=O)N2CCCC[C@@H]2c2cccnc2)cc1)c1ccc(Cl)cc1. The lowest BCUT2D eigenvalue weighted by Gasteiger charge is -2.34.